The Morgan fingerprint density at radius 2 is 1.81 bits per heavy atom. The highest BCUT2D eigenvalue weighted by Crippen LogP contribution is 2.27. The van der Waals surface area contributed by atoms with E-state index in [1.165, 1.54) is 6.07 Å². The third-order valence-corrected chi connectivity index (χ3v) is 5.19. The van der Waals surface area contributed by atoms with Crippen LogP contribution in [-0.2, 0) is 10.0 Å². The summed E-state index contributed by atoms with van der Waals surface area (Å²) >= 11 is 3.19. The second-order valence-corrected chi connectivity index (χ2v) is 6.86. The van der Waals surface area contributed by atoms with Gasteiger partial charge in [-0.05, 0) is 36.8 Å². The van der Waals surface area contributed by atoms with Crippen LogP contribution in [0.1, 0.15) is 15.9 Å². The van der Waals surface area contributed by atoms with E-state index in [1.807, 2.05) is 0 Å². The predicted octanol–water partition coefficient (Wildman–Crippen LogP) is 3.26. The first kappa shape index (κ1) is 15.5. The summed E-state index contributed by atoms with van der Waals surface area (Å²) in [5, 5.41) is 9.04. The van der Waals surface area contributed by atoms with Crippen molar-refractivity contribution < 1.29 is 18.3 Å². The summed E-state index contributed by atoms with van der Waals surface area (Å²) < 4.78 is 27.7. The van der Waals surface area contributed by atoms with Crippen molar-refractivity contribution in [2.45, 2.75) is 11.8 Å². The zero-order chi connectivity index (χ0) is 15.6. The van der Waals surface area contributed by atoms with Gasteiger partial charge in [-0.25, -0.2) is 13.2 Å². The molecule has 0 aliphatic carbocycles. The number of carboxylic acids is 1. The fourth-order valence-electron chi connectivity index (χ4n) is 1.77. The van der Waals surface area contributed by atoms with Gasteiger partial charge in [-0.15, -0.1) is 0 Å². The molecular weight excluding hydrogens is 358 g/mol. The lowest BCUT2D eigenvalue weighted by molar-refractivity contribution is 0.0696. The third kappa shape index (κ3) is 3.43. The molecule has 110 valence electrons. The molecule has 0 saturated heterocycles. The van der Waals surface area contributed by atoms with Crippen LogP contribution in [0.5, 0.6) is 0 Å². The summed E-state index contributed by atoms with van der Waals surface area (Å²) in [6.45, 7) is 1.61. The Balaban J connectivity index is 2.52. The lowest BCUT2D eigenvalue weighted by Crippen LogP contribution is -2.15. The Morgan fingerprint density at radius 1 is 1.19 bits per heavy atom. The van der Waals surface area contributed by atoms with Crippen LogP contribution in [0.15, 0.2) is 51.8 Å². The van der Waals surface area contributed by atoms with Crippen LogP contribution in [0.25, 0.3) is 0 Å². The van der Waals surface area contributed by atoms with Crippen LogP contribution in [0.2, 0.25) is 0 Å². The molecule has 0 atom stereocenters. The molecule has 7 heteroatoms. The smallest absolute Gasteiger partial charge is 0.335 e. The van der Waals surface area contributed by atoms with E-state index in [-0.39, 0.29) is 10.5 Å². The number of benzene rings is 2. The van der Waals surface area contributed by atoms with E-state index in [2.05, 4.69) is 20.7 Å². The number of rotatable bonds is 4. The van der Waals surface area contributed by atoms with E-state index < -0.39 is 16.0 Å². The molecular formula is C14H12BrNO4S. The van der Waals surface area contributed by atoms with E-state index in [0.717, 1.165) is 6.07 Å². The highest BCUT2D eigenvalue weighted by molar-refractivity contribution is 9.10. The van der Waals surface area contributed by atoms with E-state index in [4.69, 9.17) is 5.11 Å². The van der Waals surface area contributed by atoms with Crippen molar-refractivity contribution in [3.8, 4) is 0 Å². The monoisotopic (exact) mass is 369 g/mol. The van der Waals surface area contributed by atoms with Gasteiger partial charge < -0.3 is 5.11 Å². The summed E-state index contributed by atoms with van der Waals surface area (Å²) in [7, 11) is -3.87. The molecule has 0 radical (unpaired) electrons. The van der Waals surface area contributed by atoms with Gasteiger partial charge in [-0.1, -0.05) is 34.1 Å². The second-order valence-electron chi connectivity index (χ2n) is 4.36. The number of hydrogen-bond acceptors (Lipinski definition) is 3. The van der Waals surface area contributed by atoms with Gasteiger partial charge in [0.15, 0.2) is 0 Å². The molecule has 0 saturated carbocycles. The van der Waals surface area contributed by atoms with Crippen molar-refractivity contribution >= 4 is 37.6 Å². The number of hydrogen-bond donors (Lipinski definition) is 2. The summed E-state index contributed by atoms with van der Waals surface area (Å²) in [5.41, 5.74) is 0.762. The fourth-order valence-corrected chi connectivity index (χ4v) is 3.72. The van der Waals surface area contributed by atoms with E-state index in [1.54, 1.807) is 37.3 Å². The van der Waals surface area contributed by atoms with Crippen LogP contribution in [-0.4, -0.2) is 19.5 Å². The summed E-state index contributed by atoms with van der Waals surface area (Å²) in [6, 6.07) is 10.9. The summed E-state index contributed by atoms with van der Waals surface area (Å²) in [4.78, 5) is 11.0. The Kier molecular flexibility index (Phi) is 4.34. The minimum Gasteiger partial charge on any atom is -0.478 e. The Bertz CT molecular complexity index is 788. The summed E-state index contributed by atoms with van der Waals surface area (Å²) in [6.07, 6.45) is 0. The Labute approximate surface area is 130 Å². The van der Waals surface area contributed by atoms with Gasteiger partial charge in [0, 0.05) is 10.2 Å². The number of halogens is 1. The van der Waals surface area contributed by atoms with Gasteiger partial charge in [0.25, 0.3) is 10.0 Å². The number of aromatic carboxylic acids is 1. The number of nitrogens with one attached hydrogen (secondary N) is 1. The average molecular weight is 370 g/mol. The molecule has 5 nitrogen and oxygen atoms in total. The minimum atomic E-state index is -3.87. The molecule has 2 aromatic rings. The van der Waals surface area contributed by atoms with Gasteiger partial charge in [-0.3, -0.25) is 4.72 Å². The van der Waals surface area contributed by atoms with Crippen molar-refractivity contribution in [2.24, 2.45) is 0 Å². The van der Waals surface area contributed by atoms with Crippen molar-refractivity contribution in [2.75, 3.05) is 4.72 Å². The fraction of sp³-hybridized carbons (Fsp3) is 0.0714. The highest BCUT2D eigenvalue weighted by atomic mass is 79.9. The van der Waals surface area contributed by atoms with Crippen molar-refractivity contribution in [3.05, 3.63) is 58.1 Å². The lowest BCUT2D eigenvalue weighted by Gasteiger charge is -2.12. The third-order valence-electron chi connectivity index (χ3n) is 2.86. The number of para-hydroxylation sites is 1. The quantitative estimate of drug-likeness (QED) is 0.866. The SMILES string of the molecule is Cc1c(Br)cc(C(=O)O)cc1S(=O)(=O)Nc1ccccc1. The van der Waals surface area contributed by atoms with E-state index in [0.29, 0.717) is 15.7 Å². The van der Waals surface area contributed by atoms with Crippen LogP contribution in [0.3, 0.4) is 0 Å². The predicted molar refractivity (Wildman–Crippen MR) is 83.1 cm³/mol. The van der Waals surface area contributed by atoms with Gasteiger partial charge in [0.05, 0.1) is 10.5 Å². The molecule has 21 heavy (non-hydrogen) atoms. The molecule has 0 amide bonds. The lowest BCUT2D eigenvalue weighted by atomic mass is 10.1. The zero-order valence-corrected chi connectivity index (χ0v) is 13.4. The van der Waals surface area contributed by atoms with Crippen LogP contribution >= 0.6 is 15.9 Å². The van der Waals surface area contributed by atoms with Crippen molar-refractivity contribution in [3.63, 3.8) is 0 Å². The van der Waals surface area contributed by atoms with Crippen LogP contribution in [0, 0.1) is 6.92 Å². The molecule has 0 aliphatic heterocycles. The normalized spacial score (nSPS) is 11.1. The van der Waals surface area contributed by atoms with Gasteiger partial charge in [-0.2, -0.15) is 0 Å². The zero-order valence-electron chi connectivity index (χ0n) is 11.0. The molecule has 0 aromatic heterocycles. The Morgan fingerprint density at radius 3 is 2.38 bits per heavy atom. The van der Waals surface area contributed by atoms with E-state index in [9.17, 15) is 13.2 Å². The van der Waals surface area contributed by atoms with Gasteiger partial charge in [0.1, 0.15) is 0 Å². The molecule has 0 unspecified atom stereocenters. The maximum Gasteiger partial charge on any atom is 0.335 e. The van der Waals surface area contributed by atoms with Crippen LogP contribution < -0.4 is 4.72 Å². The molecule has 2 rings (SSSR count). The number of carbonyl (C=O) groups is 1. The van der Waals surface area contributed by atoms with Crippen LogP contribution in [0.4, 0.5) is 5.69 Å². The first-order valence-corrected chi connectivity index (χ1v) is 8.20. The molecule has 0 bridgehead atoms. The number of anilines is 1. The Hall–Kier alpha value is -1.86. The van der Waals surface area contributed by atoms with Gasteiger partial charge in [0.2, 0.25) is 0 Å². The molecule has 2 N–H and O–H groups in total. The van der Waals surface area contributed by atoms with E-state index >= 15 is 0 Å². The number of sulfonamides is 1. The first-order chi connectivity index (χ1) is 9.81. The molecule has 2 aromatic carbocycles. The van der Waals surface area contributed by atoms with Crippen molar-refractivity contribution in [1.82, 2.24) is 0 Å². The maximum absolute atomic E-state index is 12.4. The summed E-state index contributed by atoms with van der Waals surface area (Å²) in [5.74, 6) is -1.19. The molecule has 0 aliphatic rings. The second kappa shape index (κ2) is 5.87. The number of carboxylic acid groups (broad SMARTS) is 1. The molecule has 0 heterocycles. The van der Waals surface area contributed by atoms with Gasteiger partial charge >= 0.3 is 5.97 Å². The minimum absolute atomic E-state index is 0.0712. The largest absolute Gasteiger partial charge is 0.478 e. The molecule has 0 spiro atoms. The van der Waals surface area contributed by atoms with Crippen molar-refractivity contribution in [1.29, 1.82) is 0 Å². The maximum atomic E-state index is 12.4. The highest BCUT2D eigenvalue weighted by Gasteiger charge is 2.21. The topological polar surface area (TPSA) is 83.5 Å². The average Bonchev–Trinajstić information content (AvgIpc) is 2.41. The standard InChI is InChI=1S/C14H12BrNO4S/c1-9-12(15)7-10(14(17)18)8-13(9)21(19,20)16-11-5-3-2-4-6-11/h2-8,16H,1H3,(H,17,18). The molecule has 0 fully saturated rings. The first-order valence-electron chi connectivity index (χ1n) is 5.92.